The zero-order valence-electron chi connectivity index (χ0n) is 17.9. The Bertz CT molecular complexity index is 1540. The number of oxazole rings is 1. The number of Topliss-reactive ketones (excluding diaryl/α,β-unsaturated/α-hetero) is 1. The van der Waals surface area contributed by atoms with E-state index in [4.69, 9.17) is 9.68 Å². The van der Waals surface area contributed by atoms with Crippen LogP contribution in [-0.2, 0) is 10.0 Å². The Labute approximate surface area is 194 Å². The molecule has 0 saturated heterocycles. The van der Waals surface area contributed by atoms with Gasteiger partial charge in [-0.15, -0.1) is 0 Å². The Kier molecular flexibility index (Phi) is 5.35. The van der Waals surface area contributed by atoms with Gasteiger partial charge in [0.1, 0.15) is 5.65 Å². The Balaban J connectivity index is 1.33. The fraction of sp³-hybridized carbons (Fsp3) is 0.227. The standard InChI is InChI=1S/C22H19N7O4S/c1-12(30)18-11-27-22(33-18)17-10-26-21-16(3-5-25-21)20(17)28-14-7-15(8-14)29-34(31,32)19-6-13(9-23)2-4-24-19/h2-6,10-11,14-15,29H,7-8H2,1H3,(H2,25,26,28)/t14-,15-. The van der Waals surface area contributed by atoms with E-state index in [1.807, 2.05) is 12.1 Å². The average molecular weight is 478 g/mol. The van der Waals surface area contributed by atoms with Crippen LogP contribution in [0.15, 0.2) is 52.4 Å². The first-order chi connectivity index (χ1) is 16.3. The van der Waals surface area contributed by atoms with E-state index in [-0.39, 0.29) is 40.1 Å². The van der Waals surface area contributed by atoms with Crippen LogP contribution >= 0.6 is 0 Å². The maximum absolute atomic E-state index is 12.6. The molecule has 4 aromatic heterocycles. The van der Waals surface area contributed by atoms with Crippen LogP contribution in [0.1, 0.15) is 35.9 Å². The van der Waals surface area contributed by atoms with Gasteiger partial charge in [0.2, 0.25) is 5.89 Å². The van der Waals surface area contributed by atoms with Crippen molar-refractivity contribution >= 4 is 32.5 Å². The van der Waals surface area contributed by atoms with E-state index in [0.717, 1.165) is 11.1 Å². The zero-order chi connectivity index (χ0) is 23.9. The summed E-state index contributed by atoms with van der Waals surface area (Å²) in [4.78, 5) is 27.2. The number of carbonyl (C=O) groups excluding carboxylic acids is 1. The number of carbonyl (C=O) groups is 1. The summed E-state index contributed by atoms with van der Waals surface area (Å²) in [6.07, 6.45) is 7.13. The van der Waals surface area contributed by atoms with Gasteiger partial charge >= 0.3 is 0 Å². The molecule has 4 heterocycles. The van der Waals surface area contributed by atoms with E-state index in [1.165, 1.54) is 31.5 Å². The number of H-pyrrole nitrogens is 1. The highest BCUT2D eigenvalue weighted by Gasteiger charge is 2.34. The molecule has 0 radical (unpaired) electrons. The fourth-order valence-corrected chi connectivity index (χ4v) is 5.06. The van der Waals surface area contributed by atoms with Crippen LogP contribution in [0.5, 0.6) is 0 Å². The lowest BCUT2D eigenvalue weighted by Crippen LogP contribution is -2.49. The van der Waals surface area contributed by atoms with Gasteiger partial charge in [0.15, 0.2) is 16.6 Å². The van der Waals surface area contributed by atoms with Crippen LogP contribution in [-0.4, -0.2) is 46.2 Å². The van der Waals surface area contributed by atoms with Gasteiger partial charge in [-0.2, -0.15) is 5.26 Å². The summed E-state index contributed by atoms with van der Waals surface area (Å²) in [5.74, 6) is 0.193. The number of aromatic nitrogens is 4. The molecule has 0 aromatic carbocycles. The second-order valence-electron chi connectivity index (χ2n) is 8.00. The van der Waals surface area contributed by atoms with Crippen molar-refractivity contribution in [3.63, 3.8) is 0 Å². The van der Waals surface area contributed by atoms with Crippen molar-refractivity contribution in [3.05, 3.63) is 54.3 Å². The first-order valence-electron chi connectivity index (χ1n) is 10.4. The molecular formula is C22H19N7O4S. The van der Waals surface area contributed by atoms with Crippen molar-refractivity contribution in [1.29, 1.82) is 5.26 Å². The van der Waals surface area contributed by atoms with Crippen molar-refractivity contribution < 1.29 is 17.6 Å². The van der Waals surface area contributed by atoms with Crippen molar-refractivity contribution in [2.75, 3.05) is 5.32 Å². The van der Waals surface area contributed by atoms with Crippen molar-refractivity contribution in [2.45, 2.75) is 36.9 Å². The summed E-state index contributed by atoms with van der Waals surface area (Å²) in [6.45, 7) is 1.40. The maximum Gasteiger partial charge on any atom is 0.258 e. The molecule has 0 atom stereocenters. The summed E-state index contributed by atoms with van der Waals surface area (Å²) < 4.78 is 33.5. The Hall–Kier alpha value is -4.08. The average Bonchev–Trinajstić information content (AvgIpc) is 3.47. The molecule has 172 valence electrons. The molecule has 0 unspecified atom stereocenters. The maximum atomic E-state index is 12.6. The van der Waals surface area contributed by atoms with E-state index >= 15 is 0 Å². The van der Waals surface area contributed by atoms with Gasteiger partial charge in [-0.3, -0.25) is 4.79 Å². The predicted octanol–water partition coefficient (Wildman–Crippen LogP) is 2.61. The topological polar surface area (TPSA) is 167 Å². The lowest BCUT2D eigenvalue weighted by Gasteiger charge is -2.37. The Morgan fingerprint density at radius 1 is 1.21 bits per heavy atom. The molecule has 0 spiro atoms. The summed E-state index contributed by atoms with van der Waals surface area (Å²) in [7, 11) is -3.84. The lowest BCUT2D eigenvalue weighted by molar-refractivity contribution is 0.0988. The predicted molar refractivity (Wildman–Crippen MR) is 121 cm³/mol. The van der Waals surface area contributed by atoms with Gasteiger partial charge in [0, 0.05) is 43.0 Å². The number of nitrogens with one attached hydrogen (secondary N) is 3. The van der Waals surface area contributed by atoms with Crippen LogP contribution in [0.25, 0.3) is 22.5 Å². The molecule has 0 bridgehead atoms. The van der Waals surface area contributed by atoms with Gasteiger partial charge in [-0.05, 0) is 31.0 Å². The molecule has 1 fully saturated rings. The fourth-order valence-electron chi connectivity index (χ4n) is 3.83. The van der Waals surface area contributed by atoms with Gasteiger partial charge in [-0.25, -0.2) is 28.1 Å². The normalized spacial score (nSPS) is 17.8. The summed E-state index contributed by atoms with van der Waals surface area (Å²) in [6, 6.07) is 6.17. The second-order valence-corrected chi connectivity index (χ2v) is 9.66. The highest BCUT2D eigenvalue weighted by molar-refractivity contribution is 7.89. The molecule has 12 heteroatoms. The van der Waals surface area contributed by atoms with Crippen molar-refractivity contribution in [1.82, 2.24) is 24.7 Å². The monoisotopic (exact) mass is 477 g/mol. The zero-order valence-corrected chi connectivity index (χ0v) is 18.8. The molecule has 1 aliphatic carbocycles. The minimum atomic E-state index is -3.84. The van der Waals surface area contributed by atoms with Crippen LogP contribution in [0, 0.1) is 11.3 Å². The van der Waals surface area contributed by atoms with Gasteiger partial charge in [-0.1, -0.05) is 0 Å². The molecule has 5 rings (SSSR count). The van der Waals surface area contributed by atoms with Gasteiger partial charge in [0.25, 0.3) is 10.0 Å². The SMILES string of the molecule is CC(=O)c1cnc(-c2cnc3[nH]ccc3c2N[C@H]2C[C@H](NS(=O)(=O)c3cc(C#N)ccn3)C2)o1. The number of nitrogens with zero attached hydrogens (tertiary/aromatic N) is 4. The molecular weight excluding hydrogens is 458 g/mol. The smallest absolute Gasteiger partial charge is 0.258 e. The van der Waals surface area contributed by atoms with E-state index in [1.54, 1.807) is 12.4 Å². The van der Waals surface area contributed by atoms with E-state index in [2.05, 4.69) is 30.0 Å². The molecule has 0 aliphatic heterocycles. The number of ketones is 1. The van der Waals surface area contributed by atoms with Crippen LogP contribution in [0.3, 0.4) is 0 Å². The number of nitriles is 1. The summed E-state index contributed by atoms with van der Waals surface area (Å²) in [5, 5.41) is 13.1. The number of pyridine rings is 2. The van der Waals surface area contributed by atoms with Crippen molar-refractivity contribution in [2.24, 2.45) is 0 Å². The molecule has 11 nitrogen and oxygen atoms in total. The lowest BCUT2D eigenvalue weighted by atomic mass is 9.87. The molecule has 0 amide bonds. The van der Waals surface area contributed by atoms with Crippen LogP contribution < -0.4 is 10.0 Å². The molecule has 34 heavy (non-hydrogen) atoms. The molecule has 3 N–H and O–H groups in total. The third kappa shape index (κ3) is 4.02. The number of sulfonamides is 1. The number of hydrogen-bond acceptors (Lipinski definition) is 9. The quantitative estimate of drug-likeness (QED) is 0.339. The minimum Gasteiger partial charge on any atom is -0.433 e. The number of rotatable bonds is 7. The van der Waals surface area contributed by atoms with E-state index < -0.39 is 10.0 Å². The number of aromatic amines is 1. The third-order valence-corrected chi connectivity index (χ3v) is 7.03. The Morgan fingerprint density at radius 3 is 2.76 bits per heavy atom. The highest BCUT2D eigenvalue weighted by atomic mass is 32.2. The number of hydrogen-bond donors (Lipinski definition) is 3. The minimum absolute atomic E-state index is 0.0207. The summed E-state index contributed by atoms with van der Waals surface area (Å²) in [5.41, 5.74) is 2.23. The number of anilines is 1. The first-order valence-corrected chi connectivity index (χ1v) is 11.9. The van der Waals surface area contributed by atoms with Crippen molar-refractivity contribution in [3.8, 4) is 17.5 Å². The first kappa shape index (κ1) is 21.7. The summed E-state index contributed by atoms with van der Waals surface area (Å²) >= 11 is 0. The van der Waals surface area contributed by atoms with Gasteiger partial charge < -0.3 is 14.7 Å². The van der Waals surface area contributed by atoms with E-state index in [0.29, 0.717) is 24.1 Å². The Morgan fingerprint density at radius 2 is 2.03 bits per heavy atom. The second kappa shape index (κ2) is 8.36. The molecule has 4 aromatic rings. The third-order valence-electron chi connectivity index (χ3n) is 5.62. The largest absolute Gasteiger partial charge is 0.433 e. The van der Waals surface area contributed by atoms with E-state index in [9.17, 15) is 13.2 Å². The molecule has 1 aliphatic rings. The highest BCUT2D eigenvalue weighted by Crippen LogP contribution is 2.36. The van der Waals surface area contributed by atoms with Crippen LogP contribution in [0.2, 0.25) is 0 Å². The molecule has 1 saturated carbocycles. The number of fused-ring (bicyclic) bond motifs is 1. The van der Waals surface area contributed by atoms with Crippen LogP contribution in [0.4, 0.5) is 5.69 Å². The van der Waals surface area contributed by atoms with Gasteiger partial charge in [0.05, 0.1) is 29.1 Å².